The van der Waals surface area contributed by atoms with Gasteiger partial charge in [-0.05, 0) is 29.0 Å². The maximum atomic E-state index is 12.5. The molecule has 23 heavy (non-hydrogen) atoms. The molecule has 0 spiro atoms. The summed E-state index contributed by atoms with van der Waals surface area (Å²) in [6.07, 6.45) is 1.53. The summed E-state index contributed by atoms with van der Waals surface area (Å²) in [5.74, 6) is 0. The molecule has 4 aromatic rings. The van der Waals surface area contributed by atoms with Gasteiger partial charge in [-0.15, -0.1) is 5.10 Å². The number of aromatic nitrogens is 4. The number of rotatable bonds is 2. The van der Waals surface area contributed by atoms with Crippen molar-refractivity contribution in [1.82, 2.24) is 20.1 Å². The average molecular weight is 324 g/mol. The Morgan fingerprint density at radius 2 is 1.91 bits per heavy atom. The molecule has 0 atom stereocenters. The third kappa shape index (κ3) is 2.39. The molecule has 0 saturated carbocycles. The van der Waals surface area contributed by atoms with Crippen LogP contribution in [0.3, 0.4) is 0 Å². The third-order valence-electron chi connectivity index (χ3n) is 3.49. The van der Waals surface area contributed by atoms with Crippen LogP contribution in [-0.2, 0) is 0 Å². The lowest BCUT2D eigenvalue weighted by Crippen LogP contribution is -2.20. The molecular weight excluding hydrogens is 314 g/mol. The molecule has 6 nitrogen and oxygen atoms in total. The predicted molar refractivity (Wildman–Crippen MR) is 90.1 cm³/mol. The Labute approximate surface area is 135 Å². The van der Waals surface area contributed by atoms with E-state index in [-0.39, 0.29) is 5.56 Å². The van der Waals surface area contributed by atoms with Crippen molar-refractivity contribution < 1.29 is 0 Å². The molecule has 0 amide bonds. The first kappa shape index (κ1) is 13.7. The first-order chi connectivity index (χ1) is 11.2. The average Bonchev–Trinajstić information content (AvgIpc) is 2.95. The maximum Gasteiger partial charge on any atom is 0.315 e. The lowest BCUT2D eigenvalue weighted by molar-refractivity contribution is 0.640. The number of nitrogens with one attached hydrogen (secondary N) is 1. The number of H-pyrrole nitrogens is 1. The zero-order chi connectivity index (χ0) is 15.8. The fraction of sp³-hybridized carbons (Fsp3) is 0. The van der Waals surface area contributed by atoms with Crippen LogP contribution >= 0.6 is 11.6 Å². The van der Waals surface area contributed by atoms with Gasteiger partial charge in [0.05, 0.1) is 6.21 Å². The molecule has 0 bridgehead atoms. The molecule has 0 radical (unpaired) electrons. The molecule has 2 aromatic carbocycles. The first-order valence-electron chi connectivity index (χ1n) is 6.89. The zero-order valence-electron chi connectivity index (χ0n) is 11.8. The van der Waals surface area contributed by atoms with Gasteiger partial charge in [-0.1, -0.05) is 46.7 Å². The van der Waals surface area contributed by atoms with Crippen LogP contribution in [0.15, 0.2) is 58.4 Å². The minimum Gasteiger partial charge on any atom is -0.348 e. The molecule has 112 valence electrons. The summed E-state index contributed by atoms with van der Waals surface area (Å²) in [5, 5.41) is 13.5. The van der Waals surface area contributed by atoms with Crippen LogP contribution in [0.1, 0.15) is 5.56 Å². The van der Waals surface area contributed by atoms with E-state index < -0.39 is 0 Å². The summed E-state index contributed by atoms with van der Waals surface area (Å²) < 4.78 is 0. The second-order valence-corrected chi connectivity index (χ2v) is 5.41. The van der Waals surface area contributed by atoms with Crippen LogP contribution in [0, 0.1) is 0 Å². The van der Waals surface area contributed by atoms with E-state index >= 15 is 0 Å². The van der Waals surface area contributed by atoms with E-state index in [1.165, 1.54) is 6.21 Å². The fourth-order valence-corrected chi connectivity index (χ4v) is 2.49. The number of nitrogens with zero attached hydrogens (tertiary/aromatic N) is 4. The van der Waals surface area contributed by atoms with Crippen molar-refractivity contribution >= 4 is 39.8 Å². The van der Waals surface area contributed by atoms with Crippen LogP contribution in [0.25, 0.3) is 21.9 Å². The molecule has 4 rings (SSSR count). The van der Waals surface area contributed by atoms with Gasteiger partial charge in [0.15, 0.2) is 0 Å². The van der Waals surface area contributed by atoms with Crippen molar-refractivity contribution in [1.29, 1.82) is 0 Å². The number of halogens is 1. The Kier molecular flexibility index (Phi) is 3.17. The maximum absolute atomic E-state index is 12.5. The molecule has 0 aliphatic heterocycles. The smallest absolute Gasteiger partial charge is 0.315 e. The first-order valence-corrected chi connectivity index (χ1v) is 7.26. The highest BCUT2D eigenvalue weighted by Crippen LogP contribution is 2.19. The summed E-state index contributed by atoms with van der Waals surface area (Å²) in [6, 6.07) is 14.7. The van der Waals surface area contributed by atoms with Gasteiger partial charge in [-0.25, -0.2) is 0 Å². The predicted octanol–water partition coefficient (Wildman–Crippen LogP) is 2.81. The standard InChI is InChI=1S/C16H10ClN5O/c17-11-7-5-10(6-8-11)9-18-22-16(23)15-14(20-21-22)12-3-1-2-4-13(12)19-15/h1-9,19H. The zero-order valence-corrected chi connectivity index (χ0v) is 12.5. The molecule has 0 unspecified atom stereocenters. The van der Waals surface area contributed by atoms with E-state index in [4.69, 9.17) is 11.6 Å². The van der Waals surface area contributed by atoms with E-state index in [0.717, 1.165) is 21.3 Å². The number of hydrogen-bond donors (Lipinski definition) is 1. The van der Waals surface area contributed by atoms with Gasteiger partial charge in [-0.3, -0.25) is 4.79 Å². The third-order valence-corrected chi connectivity index (χ3v) is 3.74. The Bertz CT molecular complexity index is 1100. The molecule has 7 heteroatoms. The van der Waals surface area contributed by atoms with E-state index in [1.807, 2.05) is 24.3 Å². The van der Waals surface area contributed by atoms with Crippen molar-refractivity contribution in [3.8, 4) is 0 Å². The van der Waals surface area contributed by atoms with Gasteiger partial charge in [-0.2, -0.15) is 5.10 Å². The Morgan fingerprint density at radius 1 is 1.13 bits per heavy atom. The molecule has 0 fully saturated rings. The number of fused-ring (bicyclic) bond motifs is 3. The van der Waals surface area contributed by atoms with Crippen molar-refractivity contribution in [2.24, 2.45) is 5.10 Å². The monoisotopic (exact) mass is 323 g/mol. The summed E-state index contributed by atoms with van der Waals surface area (Å²) >= 11 is 5.83. The van der Waals surface area contributed by atoms with E-state index in [0.29, 0.717) is 16.1 Å². The second-order valence-electron chi connectivity index (χ2n) is 4.97. The van der Waals surface area contributed by atoms with Crippen molar-refractivity contribution in [3.05, 3.63) is 69.5 Å². The van der Waals surface area contributed by atoms with Gasteiger partial charge in [0.25, 0.3) is 0 Å². The minimum atomic E-state index is -0.351. The molecule has 2 aromatic heterocycles. The Morgan fingerprint density at radius 3 is 2.74 bits per heavy atom. The lowest BCUT2D eigenvalue weighted by atomic mass is 10.2. The van der Waals surface area contributed by atoms with Gasteiger partial charge >= 0.3 is 5.56 Å². The molecule has 2 heterocycles. The molecule has 1 N–H and O–H groups in total. The number of aromatic amines is 1. The summed E-state index contributed by atoms with van der Waals surface area (Å²) in [7, 11) is 0. The van der Waals surface area contributed by atoms with E-state index in [9.17, 15) is 4.79 Å². The highest BCUT2D eigenvalue weighted by molar-refractivity contribution is 6.30. The van der Waals surface area contributed by atoms with E-state index in [2.05, 4.69) is 20.4 Å². The Hall–Kier alpha value is -2.99. The fourth-order valence-electron chi connectivity index (χ4n) is 2.36. The molecule has 0 aliphatic carbocycles. The van der Waals surface area contributed by atoms with Gasteiger partial charge in [0.1, 0.15) is 11.0 Å². The summed E-state index contributed by atoms with van der Waals surface area (Å²) in [6.45, 7) is 0. The quantitative estimate of drug-likeness (QED) is 0.576. The molecular formula is C16H10ClN5O. The van der Waals surface area contributed by atoms with Crippen LogP contribution in [0.4, 0.5) is 0 Å². The summed E-state index contributed by atoms with van der Waals surface area (Å²) in [4.78, 5) is 16.5. The van der Waals surface area contributed by atoms with Crippen LogP contribution in [-0.4, -0.2) is 26.3 Å². The van der Waals surface area contributed by atoms with Crippen molar-refractivity contribution in [2.45, 2.75) is 0 Å². The molecule has 0 saturated heterocycles. The SMILES string of the molecule is O=c1c2[nH]c3ccccc3c2nnn1N=Cc1ccc(Cl)cc1. The Balaban J connectivity index is 1.82. The highest BCUT2D eigenvalue weighted by atomic mass is 35.5. The number of benzene rings is 2. The number of para-hydroxylation sites is 1. The van der Waals surface area contributed by atoms with E-state index in [1.54, 1.807) is 24.3 Å². The number of hydrogen-bond acceptors (Lipinski definition) is 4. The lowest BCUT2D eigenvalue weighted by Gasteiger charge is -1.96. The second kappa shape index (κ2) is 5.33. The summed E-state index contributed by atoms with van der Waals surface area (Å²) in [5.41, 5.74) is 2.22. The van der Waals surface area contributed by atoms with Gasteiger partial charge < -0.3 is 4.98 Å². The van der Waals surface area contributed by atoms with Crippen LogP contribution in [0.5, 0.6) is 0 Å². The largest absolute Gasteiger partial charge is 0.348 e. The highest BCUT2D eigenvalue weighted by Gasteiger charge is 2.10. The van der Waals surface area contributed by atoms with Gasteiger partial charge in [0.2, 0.25) is 0 Å². The topological polar surface area (TPSA) is 75.9 Å². The molecule has 0 aliphatic rings. The van der Waals surface area contributed by atoms with Crippen LogP contribution < -0.4 is 5.56 Å². The van der Waals surface area contributed by atoms with Crippen LogP contribution in [0.2, 0.25) is 5.02 Å². The van der Waals surface area contributed by atoms with Crippen molar-refractivity contribution in [2.75, 3.05) is 0 Å². The minimum absolute atomic E-state index is 0.351. The van der Waals surface area contributed by atoms with Gasteiger partial charge in [0, 0.05) is 15.9 Å². The van der Waals surface area contributed by atoms with Crippen molar-refractivity contribution in [3.63, 3.8) is 0 Å². The normalized spacial score (nSPS) is 11.7.